The number of hydrogen-bond acceptors (Lipinski definition) is 2. The molecule has 1 heterocycles. The van der Waals surface area contributed by atoms with Gasteiger partial charge in [-0.15, -0.1) is 0 Å². The third kappa shape index (κ3) is 1.90. The largest absolute Gasteiger partial charge is 0.359 e. The molecule has 0 aliphatic carbocycles. The Hall–Kier alpha value is -0.0800. The van der Waals surface area contributed by atoms with E-state index in [-0.39, 0.29) is 0 Å². The Morgan fingerprint density at radius 1 is 1.43 bits per heavy atom. The molecule has 0 aromatic heterocycles. The van der Waals surface area contributed by atoms with Gasteiger partial charge in [0.2, 0.25) is 0 Å². The van der Waals surface area contributed by atoms with Gasteiger partial charge >= 0.3 is 0 Å². The molecule has 0 spiro atoms. The van der Waals surface area contributed by atoms with Crippen LogP contribution in [0.25, 0.3) is 0 Å². The Morgan fingerprint density at radius 2 is 2.43 bits per heavy atom. The van der Waals surface area contributed by atoms with Gasteiger partial charge in [-0.1, -0.05) is 0 Å². The molecule has 1 saturated heterocycles. The Balaban J connectivity index is 2.04. The molecule has 0 aromatic rings. The predicted molar refractivity (Wildman–Crippen MR) is 27.5 cm³/mol. The lowest BCUT2D eigenvalue weighted by atomic mass is 10.3. The average molecular weight is 100 g/mol. The standard InChI is InChI=1S/C5H10NO/c1-2-4-7-5-6-3-1/h5-6H,1-4H2. The summed E-state index contributed by atoms with van der Waals surface area (Å²) in [5.74, 6) is 0. The fourth-order valence-corrected chi connectivity index (χ4v) is 0.589. The topological polar surface area (TPSA) is 21.3 Å². The minimum Gasteiger partial charge on any atom is -0.359 e. The molecule has 1 fully saturated rings. The fourth-order valence-electron chi connectivity index (χ4n) is 0.589. The molecule has 7 heavy (non-hydrogen) atoms. The van der Waals surface area contributed by atoms with Gasteiger partial charge in [-0.05, 0) is 19.4 Å². The fraction of sp³-hybridized carbons (Fsp3) is 0.800. The molecule has 0 saturated carbocycles. The van der Waals surface area contributed by atoms with Crippen molar-refractivity contribution in [3.63, 3.8) is 0 Å². The lowest BCUT2D eigenvalue weighted by molar-refractivity contribution is 0.194. The van der Waals surface area contributed by atoms with Crippen LogP contribution in [0.1, 0.15) is 12.8 Å². The average Bonchev–Trinajstić information content (AvgIpc) is 1.90. The maximum absolute atomic E-state index is 4.96. The molecule has 0 unspecified atom stereocenters. The Kier molecular flexibility index (Phi) is 2.17. The van der Waals surface area contributed by atoms with Crippen LogP contribution >= 0.6 is 0 Å². The second kappa shape index (κ2) is 2.99. The second-order valence-electron chi connectivity index (χ2n) is 1.65. The molecular formula is C5H10NO. The molecule has 1 aliphatic heterocycles. The molecule has 0 bridgehead atoms. The predicted octanol–water partition coefficient (Wildman–Crippen LogP) is 0.506. The van der Waals surface area contributed by atoms with Crippen molar-refractivity contribution < 1.29 is 4.74 Å². The van der Waals surface area contributed by atoms with Crippen molar-refractivity contribution in [2.24, 2.45) is 0 Å². The minimum absolute atomic E-state index is 0.882. The molecule has 0 atom stereocenters. The number of ether oxygens (including phenoxy) is 1. The molecule has 0 aromatic carbocycles. The van der Waals surface area contributed by atoms with Crippen LogP contribution in [0.2, 0.25) is 0 Å². The van der Waals surface area contributed by atoms with Crippen LogP contribution < -0.4 is 5.32 Å². The summed E-state index contributed by atoms with van der Waals surface area (Å²) in [4.78, 5) is 0. The zero-order chi connectivity index (χ0) is 4.95. The Labute approximate surface area is 43.9 Å². The van der Waals surface area contributed by atoms with Crippen molar-refractivity contribution in [1.29, 1.82) is 0 Å². The van der Waals surface area contributed by atoms with Crippen molar-refractivity contribution in [1.82, 2.24) is 5.32 Å². The van der Waals surface area contributed by atoms with Crippen LogP contribution in [-0.4, -0.2) is 13.2 Å². The van der Waals surface area contributed by atoms with E-state index in [1.807, 2.05) is 0 Å². The molecule has 2 heteroatoms. The van der Waals surface area contributed by atoms with Crippen molar-refractivity contribution >= 4 is 0 Å². The molecule has 1 aliphatic rings. The first-order valence-electron chi connectivity index (χ1n) is 2.67. The van der Waals surface area contributed by atoms with Crippen molar-refractivity contribution in [2.75, 3.05) is 13.2 Å². The quantitative estimate of drug-likeness (QED) is 0.478. The van der Waals surface area contributed by atoms with E-state index in [9.17, 15) is 0 Å². The minimum atomic E-state index is 0.882. The first-order valence-corrected chi connectivity index (χ1v) is 2.67. The highest BCUT2D eigenvalue weighted by Crippen LogP contribution is 1.93. The monoisotopic (exact) mass is 100 g/mol. The molecule has 1 radical (unpaired) electrons. The highest BCUT2D eigenvalue weighted by molar-refractivity contribution is 4.54. The van der Waals surface area contributed by atoms with E-state index in [0.717, 1.165) is 13.2 Å². The normalized spacial score (nSPS) is 24.0. The van der Waals surface area contributed by atoms with E-state index in [0.29, 0.717) is 0 Å². The van der Waals surface area contributed by atoms with Gasteiger partial charge in [-0.3, -0.25) is 5.32 Å². The summed E-state index contributed by atoms with van der Waals surface area (Å²) in [5, 5.41) is 3.00. The van der Waals surface area contributed by atoms with Gasteiger partial charge in [-0.2, -0.15) is 0 Å². The third-order valence-corrected chi connectivity index (χ3v) is 1.000. The van der Waals surface area contributed by atoms with Crippen molar-refractivity contribution in [3.05, 3.63) is 6.73 Å². The van der Waals surface area contributed by atoms with Crippen LogP contribution in [0, 0.1) is 6.73 Å². The smallest absolute Gasteiger partial charge is 0.148 e. The van der Waals surface area contributed by atoms with Gasteiger partial charge in [0.25, 0.3) is 0 Å². The van der Waals surface area contributed by atoms with Crippen LogP contribution in [0.3, 0.4) is 0 Å². The van der Waals surface area contributed by atoms with Gasteiger partial charge in [0.1, 0.15) is 6.73 Å². The highest BCUT2D eigenvalue weighted by atomic mass is 16.5. The summed E-state index contributed by atoms with van der Waals surface area (Å²) in [7, 11) is 0. The highest BCUT2D eigenvalue weighted by Gasteiger charge is 1.94. The Bertz CT molecular complexity index is 27.7. The van der Waals surface area contributed by atoms with E-state index in [2.05, 4.69) is 5.32 Å². The van der Waals surface area contributed by atoms with Crippen molar-refractivity contribution in [3.8, 4) is 0 Å². The van der Waals surface area contributed by atoms with Gasteiger partial charge in [-0.25, -0.2) is 0 Å². The van der Waals surface area contributed by atoms with Crippen LogP contribution in [0.5, 0.6) is 0 Å². The second-order valence-corrected chi connectivity index (χ2v) is 1.65. The summed E-state index contributed by atoms with van der Waals surface area (Å²) in [6, 6.07) is 0. The summed E-state index contributed by atoms with van der Waals surface area (Å²) in [6.45, 7) is 3.62. The first kappa shape index (κ1) is 5.06. The molecule has 0 amide bonds. The number of rotatable bonds is 0. The molecule has 41 valence electrons. The van der Waals surface area contributed by atoms with E-state index in [1.165, 1.54) is 12.8 Å². The lowest BCUT2D eigenvalue weighted by Gasteiger charge is -1.92. The van der Waals surface area contributed by atoms with E-state index in [4.69, 9.17) is 4.74 Å². The summed E-state index contributed by atoms with van der Waals surface area (Å²) in [5.41, 5.74) is 0. The third-order valence-electron chi connectivity index (χ3n) is 1.000. The van der Waals surface area contributed by atoms with E-state index in [1.54, 1.807) is 6.73 Å². The molecule has 2 nitrogen and oxygen atoms in total. The number of hydrogen-bond donors (Lipinski definition) is 1. The van der Waals surface area contributed by atoms with E-state index >= 15 is 0 Å². The summed E-state index contributed by atoms with van der Waals surface area (Å²) >= 11 is 0. The molecular weight excluding hydrogens is 90.1 g/mol. The maximum Gasteiger partial charge on any atom is 0.148 e. The lowest BCUT2D eigenvalue weighted by Crippen LogP contribution is -2.08. The summed E-state index contributed by atoms with van der Waals surface area (Å²) in [6.07, 6.45) is 2.42. The first-order chi connectivity index (χ1) is 3.50. The van der Waals surface area contributed by atoms with Gasteiger partial charge < -0.3 is 4.74 Å². The van der Waals surface area contributed by atoms with Crippen LogP contribution in [-0.2, 0) is 4.74 Å². The van der Waals surface area contributed by atoms with Crippen LogP contribution in [0.4, 0.5) is 0 Å². The molecule has 1 N–H and O–H groups in total. The van der Waals surface area contributed by atoms with E-state index < -0.39 is 0 Å². The molecule has 1 rings (SSSR count). The Morgan fingerprint density at radius 3 is 3.43 bits per heavy atom. The van der Waals surface area contributed by atoms with Crippen LogP contribution in [0.15, 0.2) is 0 Å². The SMILES string of the molecule is [CH]1NCCCCO1. The maximum atomic E-state index is 4.96. The van der Waals surface area contributed by atoms with Gasteiger partial charge in [0, 0.05) is 6.61 Å². The number of nitrogens with one attached hydrogen (secondary N) is 1. The zero-order valence-electron chi connectivity index (χ0n) is 4.31. The van der Waals surface area contributed by atoms with Crippen molar-refractivity contribution in [2.45, 2.75) is 12.8 Å². The zero-order valence-corrected chi connectivity index (χ0v) is 4.31. The summed E-state index contributed by atoms with van der Waals surface area (Å²) < 4.78 is 4.96. The van der Waals surface area contributed by atoms with Gasteiger partial charge in [0.05, 0.1) is 0 Å². The van der Waals surface area contributed by atoms with Gasteiger partial charge in [0.15, 0.2) is 0 Å².